The van der Waals surface area contributed by atoms with Crippen LogP contribution in [0.15, 0.2) is 60.7 Å². The van der Waals surface area contributed by atoms with Crippen LogP contribution in [-0.4, -0.2) is 35.0 Å². The summed E-state index contributed by atoms with van der Waals surface area (Å²) in [5, 5.41) is 13.6. The largest absolute Gasteiger partial charge is 0.444 e. The van der Waals surface area contributed by atoms with E-state index in [1.807, 2.05) is 81.4 Å². The number of carbonyl (C=O) groups is 1. The van der Waals surface area contributed by atoms with Crippen LogP contribution in [0.3, 0.4) is 0 Å². The Bertz CT molecular complexity index is 714. The van der Waals surface area contributed by atoms with Gasteiger partial charge in [0, 0.05) is 6.04 Å². The van der Waals surface area contributed by atoms with E-state index < -0.39 is 23.8 Å². The number of amides is 1. The van der Waals surface area contributed by atoms with Gasteiger partial charge in [0.05, 0.1) is 12.1 Å². The summed E-state index contributed by atoms with van der Waals surface area (Å²) in [6.45, 7) is 5.43. The zero-order valence-electron chi connectivity index (χ0n) is 17.0. The van der Waals surface area contributed by atoms with Crippen molar-refractivity contribution in [2.75, 3.05) is 0 Å². The summed E-state index contributed by atoms with van der Waals surface area (Å²) in [6, 6.07) is 19.0. The minimum absolute atomic E-state index is 0.212. The van der Waals surface area contributed by atoms with Crippen LogP contribution in [0.5, 0.6) is 0 Å². The summed E-state index contributed by atoms with van der Waals surface area (Å²) in [6.07, 6.45) is 0.222. The standard InChI is InChI=1S/C23H32N2O3/c1-23(2,3)28-22(27)25-20(15-18-12-8-5-9-13-18)21(26)16-19(24)14-17-10-6-4-7-11-17/h4-13,19-21,26H,14-16,24H2,1-3H3,(H,25,27)/t19-,20?,21-/m0/s1. The van der Waals surface area contributed by atoms with Crippen LogP contribution in [0, 0.1) is 0 Å². The van der Waals surface area contributed by atoms with Gasteiger partial charge in [-0.25, -0.2) is 4.79 Å². The molecule has 0 radical (unpaired) electrons. The summed E-state index contributed by atoms with van der Waals surface area (Å²) in [4.78, 5) is 12.3. The molecule has 0 aliphatic rings. The maximum atomic E-state index is 12.3. The molecule has 0 spiro atoms. The smallest absolute Gasteiger partial charge is 0.407 e. The highest BCUT2D eigenvalue weighted by Crippen LogP contribution is 2.14. The summed E-state index contributed by atoms with van der Waals surface area (Å²) < 4.78 is 5.36. The number of benzene rings is 2. The van der Waals surface area contributed by atoms with E-state index in [0.717, 1.165) is 11.1 Å². The fourth-order valence-electron chi connectivity index (χ4n) is 3.08. The molecule has 5 heteroatoms. The van der Waals surface area contributed by atoms with Crippen molar-refractivity contribution in [1.29, 1.82) is 0 Å². The number of aliphatic hydroxyl groups is 1. The highest BCUT2D eigenvalue weighted by atomic mass is 16.6. The number of hydrogen-bond acceptors (Lipinski definition) is 4. The lowest BCUT2D eigenvalue weighted by Gasteiger charge is -2.28. The maximum absolute atomic E-state index is 12.3. The van der Waals surface area contributed by atoms with Gasteiger partial charge < -0.3 is 20.9 Å². The molecular weight excluding hydrogens is 352 g/mol. The third kappa shape index (κ3) is 8.11. The van der Waals surface area contributed by atoms with Gasteiger partial charge in [0.15, 0.2) is 0 Å². The fraction of sp³-hybridized carbons (Fsp3) is 0.435. The van der Waals surface area contributed by atoms with Crippen molar-refractivity contribution >= 4 is 6.09 Å². The number of nitrogens with two attached hydrogens (primary N) is 1. The van der Waals surface area contributed by atoms with Gasteiger partial charge >= 0.3 is 6.09 Å². The van der Waals surface area contributed by atoms with Crippen molar-refractivity contribution < 1.29 is 14.6 Å². The molecule has 2 rings (SSSR count). The summed E-state index contributed by atoms with van der Waals surface area (Å²) in [7, 11) is 0. The molecule has 0 aliphatic carbocycles. The lowest BCUT2D eigenvalue weighted by molar-refractivity contribution is 0.0405. The molecule has 1 amide bonds. The van der Waals surface area contributed by atoms with Gasteiger partial charge in [0.2, 0.25) is 0 Å². The first-order valence-corrected chi connectivity index (χ1v) is 9.74. The summed E-state index contributed by atoms with van der Waals surface area (Å²) in [5.41, 5.74) is 7.82. The Kier molecular flexibility index (Phi) is 8.03. The monoisotopic (exact) mass is 384 g/mol. The van der Waals surface area contributed by atoms with Crippen molar-refractivity contribution in [3.8, 4) is 0 Å². The second-order valence-corrected chi connectivity index (χ2v) is 8.20. The summed E-state index contributed by atoms with van der Waals surface area (Å²) in [5.74, 6) is 0. The molecule has 0 bridgehead atoms. The second kappa shape index (κ2) is 10.2. The average Bonchev–Trinajstić information content (AvgIpc) is 2.61. The molecule has 28 heavy (non-hydrogen) atoms. The Labute approximate surface area is 167 Å². The van der Waals surface area contributed by atoms with Gasteiger partial charge in [0.1, 0.15) is 5.60 Å². The van der Waals surface area contributed by atoms with Crippen molar-refractivity contribution in [3.05, 3.63) is 71.8 Å². The molecule has 152 valence electrons. The zero-order chi connectivity index (χ0) is 20.6. The van der Waals surface area contributed by atoms with E-state index in [1.165, 1.54) is 0 Å². The molecule has 2 aromatic rings. The van der Waals surface area contributed by atoms with E-state index in [0.29, 0.717) is 19.3 Å². The highest BCUT2D eigenvalue weighted by molar-refractivity contribution is 5.68. The number of carbonyl (C=O) groups excluding carboxylic acids is 1. The predicted molar refractivity (Wildman–Crippen MR) is 112 cm³/mol. The number of hydrogen-bond donors (Lipinski definition) is 3. The minimum Gasteiger partial charge on any atom is -0.444 e. The van der Waals surface area contributed by atoms with Crippen molar-refractivity contribution in [1.82, 2.24) is 5.32 Å². The van der Waals surface area contributed by atoms with Crippen LogP contribution in [0.2, 0.25) is 0 Å². The topological polar surface area (TPSA) is 84.6 Å². The maximum Gasteiger partial charge on any atom is 0.407 e. The Morgan fingerprint density at radius 2 is 1.50 bits per heavy atom. The Hall–Kier alpha value is -2.37. The van der Waals surface area contributed by atoms with Crippen molar-refractivity contribution in [2.24, 2.45) is 5.73 Å². The lowest BCUT2D eigenvalue weighted by atomic mass is 9.94. The molecule has 3 atom stereocenters. The Morgan fingerprint density at radius 3 is 2.00 bits per heavy atom. The molecule has 4 N–H and O–H groups in total. The molecule has 0 fully saturated rings. The zero-order valence-corrected chi connectivity index (χ0v) is 17.0. The highest BCUT2D eigenvalue weighted by Gasteiger charge is 2.26. The van der Waals surface area contributed by atoms with E-state index in [1.54, 1.807) is 0 Å². The van der Waals surface area contributed by atoms with Crippen LogP contribution >= 0.6 is 0 Å². The fourth-order valence-corrected chi connectivity index (χ4v) is 3.08. The molecular formula is C23H32N2O3. The van der Waals surface area contributed by atoms with E-state index in [9.17, 15) is 9.90 Å². The molecule has 0 aromatic heterocycles. The van der Waals surface area contributed by atoms with E-state index in [4.69, 9.17) is 10.5 Å². The molecule has 2 aromatic carbocycles. The van der Waals surface area contributed by atoms with Gasteiger partial charge in [-0.1, -0.05) is 60.7 Å². The van der Waals surface area contributed by atoms with Crippen LogP contribution < -0.4 is 11.1 Å². The first-order valence-electron chi connectivity index (χ1n) is 9.74. The lowest BCUT2D eigenvalue weighted by Crippen LogP contribution is -2.48. The Balaban J connectivity index is 2.02. The first-order chi connectivity index (χ1) is 13.2. The van der Waals surface area contributed by atoms with Gasteiger partial charge in [0.25, 0.3) is 0 Å². The molecule has 1 unspecified atom stereocenters. The second-order valence-electron chi connectivity index (χ2n) is 8.20. The van der Waals surface area contributed by atoms with Crippen LogP contribution in [-0.2, 0) is 17.6 Å². The quantitative estimate of drug-likeness (QED) is 0.651. The minimum atomic E-state index is -0.786. The predicted octanol–water partition coefficient (Wildman–Crippen LogP) is 3.44. The SMILES string of the molecule is CC(C)(C)OC(=O)NC(Cc1ccccc1)[C@@H](O)C[C@@H](N)Cc1ccccc1. The third-order valence-electron chi connectivity index (χ3n) is 4.35. The van der Waals surface area contributed by atoms with E-state index in [2.05, 4.69) is 5.32 Å². The van der Waals surface area contributed by atoms with Gasteiger partial charge in [-0.15, -0.1) is 0 Å². The molecule has 0 saturated carbocycles. The van der Waals surface area contributed by atoms with Crippen LogP contribution in [0.4, 0.5) is 4.79 Å². The van der Waals surface area contributed by atoms with Gasteiger partial charge in [-0.2, -0.15) is 0 Å². The van der Waals surface area contributed by atoms with E-state index >= 15 is 0 Å². The molecule has 0 saturated heterocycles. The van der Waals surface area contributed by atoms with Crippen LogP contribution in [0.25, 0.3) is 0 Å². The van der Waals surface area contributed by atoms with E-state index in [-0.39, 0.29) is 6.04 Å². The third-order valence-corrected chi connectivity index (χ3v) is 4.35. The van der Waals surface area contributed by atoms with Gasteiger partial charge in [-0.05, 0) is 51.2 Å². The molecule has 0 heterocycles. The van der Waals surface area contributed by atoms with Crippen molar-refractivity contribution in [3.63, 3.8) is 0 Å². The average molecular weight is 385 g/mol. The number of alkyl carbamates (subject to hydrolysis) is 1. The number of aliphatic hydroxyl groups excluding tert-OH is 1. The number of nitrogens with one attached hydrogen (secondary N) is 1. The first kappa shape index (κ1) is 21.9. The van der Waals surface area contributed by atoms with Crippen molar-refractivity contribution in [2.45, 2.75) is 63.8 Å². The Morgan fingerprint density at radius 1 is 1.00 bits per heavy atom. The normalized spacial score (nSPS) is 14.8. The van der Waals surface area contributed by atoms with Gasteiger partial charge in [-0.3, -0.25) is 0 Å². The van der Waals surface area contributed by atoms with Crippen LogP contribution in [0.1, 0.15) is 38.3 Å². The summed E-state index contributed by atoms with van der Waals surface area (Å²) >= 11 is 0. The molecule has 0 aliphatic heterocycles. The number of rotatable bonds is 8. The molecule has 5 nitrogen and oxygen atoms in total. The number of ether oxygens (including phenoxy) is 1.